The average Bonchev–Trinajstić information content (AvgIpc) is 2.03. The van der Waals surface area contributed by atoms with Crippen LogP contribution in [0.3, 0.4) is 0 Å². The molecule has 2 nitrogen and oxygen atoms in total. The lowest BCUT2D eigenvalue weighted by molar-refractivity contribution is -0.274. The van der Waals surface area contributed by atoms with Gasteiger partial charge < -0.3 is 10.1 Å². The van der Waals surface area contributed by atoms with Gasteiger partial charge in [0.25, 0.3) is 0 Å². The van der Waals surface area contributed by atoms with Crippen LogP contribution >= 0.6 is 12.4 Å². The number of ether oxygens (including phenoxy) is 1. The third-order valence-electron chi connectivity index (χ3n) is 2.70. The lowest BCUT2D eigenvalue weighted by atomic mass is 9.90. The van der Waals surface area contributed by atoms with E-state index in [0.717, 1.165) is 24.2 Å². The van der Waals surface area contributed by atoms with E-state index in [-0.39, 0.29) is 18.2 Å². The van der Waals surface area contributed by atoms with E-state index < -0.39 is 6.36 Å². The van der Waals surface area contributed by atoms with Gasteiger partial charge in [-0.2, -0.15) is 0 Å². The second kappa shape index (κ2) is 5.14. The van der Waals surface area contributed by atoms with Crippen molar-refractivity contribution >= 4 is 12.4 Å². The Morgan fingerprint density at radius 1 is 1.29 bits per heavy atom. The molecule has 1 aromatic carbocycles. The Morgan fingerprint density at radius 3 is 2.35 bits per heavy atom. The summed E-state index contributed by atoms with van der Waals surface area (Å²) >= 11 is 0. The minimum Gasteiger partial charge on any atom is -0.406 e. The van der Waals surface area contributed by atoms with Gasteiger partial charge in [-0.3, -0.25) is 0 Å². The third-order valence-corrected chi connectivity index (χ3v) is 2.70. The van der Waals surface area contributed by atoms with E-state index in [1.165, 1.54) is 12.1 Å². The summed E-state index contributed by atoms with van der Waals surface area (Å²) in [5, 5.41) is 3.13. The second-order valence-corrected chi connectivity index (χ2v) is 3.92. The van der Waals surface area contributed by atoms with Crippen LogP contribution in [0.25, 0.3) is 0 Å². The van der Waals surface area contributed by atoms with Gasteiger partial charge in [-0.1, -0.05) is 6.07 Å². The first-order chi connectivity index (χ1) is 7.46. The molecule has 96 valence electrons. The molecule has 0 amide bonds. The smallest absolute Gasteiger partial charge is 0.406 e. The summed E-state index contributed by atoms with van der Waals surface area (Å²) in [6.45, 7) is 3.58. The zero-order valence-corrected chi connectivity index (χ0v) is 9.99. The molecule has 6 heteroatoms. The molecular weight excluding hydrogens is 255 g/mol. The Labute approximate surface area is 104 Å². The van der Waals surface area contributed by atoms with Crippen LogP contribution in [0.4, 0.5) is 13.2 Å². The van der Waals surface area contributed by atoms with Gasteiger partial charge in [-0.15, -0.1) is 25.6 Å². The molecule has 0 spiro atoms. The van der Waals surface area contributed by atoms with Crippen molar-refractivity contribution in [3.8, 4) is 5.75 Å². The van der Waals surface area contributed by atoms with E-state index in [2.05, 4.69) is 10.1 Å². The van der Waals surface area contributed by atoms with Crippen LogP contribution in [0.1, 0.15) is 17.0 Å². The molecule has 0 radical (unpaired) electrons. The molecule has 1 fully saturated rings. The highest BCUT2D eigenvalue weighted by molar-refractivity contribution is 5.85. The zero-order chi connectivity index (χ0) is 11.8. The van der Waals surface area contributed by atoms with Gasteiger partial charge in [-0.25, -0.2) is 0 Å². The molecule has 2 rings (SSSR count). The number of hydrogen-bond donors (Lipinski definition) is 1. The fraction of sp³-hybridized carbons (Fsp3) is 0.455. The summed E-state index contributed by atoms with van der Waals surface area (Å²) in [7, 11) is 0. The SMILES string of the molecule is Cc1cc(OC(F)(F)F)ccc1C1CNC1.Cl. The molecule has 1 aromatic rings. The van der Waals surface area contributed by atoms with Crippen molar-refractivity contribution in [2.45, 2.75) is 19.2 Å². The largest absolute Gasteiger partial charge is 0.573 e. The summed E-state index contributed by atoms with van der Waals surface area (Å²) in [6.07, 6.45) is -4.62. The Morgan fingerprint density at radius 2 is 1.94 bits per heavy atom. The van der Waals surface area contributed by atoms with Gasteiger partial charge in [-0.05, 0) is 30.2 Å². The number of benzene rings is 1. The maximum Gasteiger partial charge on any atom is 0.573 e. The summed E-state index contributed by atoms with van der Waals surface area (Å²) in [4.78, 5) is 0. The predicted octanol–water partition coefficient (Wildman–Crippen LogP) is 3.00. The topological polar surface area (TPSA) is 21.3 Å². The van der Waals surface area contributed by atoms with E-state index in [9.17, 15) is 13.2 Å². The molecule has 1 N–H and O–H groups in total. The Bertz CT molecular complexity index is 391. The number of halogens is 4. The minimum atomic E-state index is -4.62. The molecule has 0 unspecified atom stereocenters. The number of rotatable bonds is 2. The van der Waals surface area contributed by atoms with E-state index in [0.29, 0.717) is 5.92 Å². The molecule has 0 aliphatic carbocycles. The molecule has 1 aliphatic heterocycles. The normalized spacial score (nSPS) is 16.0. The molecule has 0 atom stereocenters. The number of alkyl halides is 3. The first-order valence-electron chi connectivity index (χ1n) is 5.03. The van der Waals surface area contributed by atoms with E-state index in [1.54, 1.807) is 13.0 Å². The maximum absolute atomic E-state index is 12.0. The lowest BCUT2D eigenvalue weighted by Gasteiger charge is -2.29. The summed E-state index contributed by atoms with van der Waals surface area (Å²) in [6, 6.07) is 4.51. The highest BCUT2D eigenvalue weighted by Crippen LogP contribution is 2.29. The molecule has 0 bridgehead atoms. The monoisotopic (exact) mass is 267 g/mol. The van der Waals surface area contributed by atoms with Crippen LogP contribution in [-0.2, 0) is 0 Å². The average molecular weight is 268 g/mol. The van der Waals surface area contributed by atoms with Gasteiger partial charge in [0.15, 0.2) is 0 Å². The molecule has 1 heterocycles. The van der Waals surface area contributed by atoms with Gasteiger partial charge in [0.05, 0.1) is 0 Å². The van der Waals surface area contributed by atoms with Crippen molar-refractivity contribution in [3.05, 3.63) is 29.3 Å². The van der Waals surface area contributed by atoms with Crippen LogP contribution in [0.5, 0.6) is 5.75 Å². The zero-order valence-electron chi connectivity index (χ0n) is 9.17. The van der Waals surface area contributed by atoms with Crippen LogP contribution in [0.2, 0.25) is 0 Å². The molecule has 1 saturated heterocycles. The van der Waals surface area contributed by atoms with Crippen molar-refractivity contribution in [2.24, 2.45) is 0 Å². The molecule has 17 heavy (non-hydrogen) atoms. The summed E-state index contributed by atoms with van der Waals surface area (Å²) in [5.74, 6) is 0.265. The molecule has 0 aromatic heterocycles. The first-order valence-corrected chi connectivity index (χ1v) is 5.03. The fourth-order valence-electron chi connectivity index (χ4n) is 1.81. The fourth-order valence-corrected chi connectivity index (χ4v) is 1.81. The summed E-state index contributed by atoms with van der Waals surface area (Å²) in [5.41, 5.74) is 1.93. The predicted molar refractivity (Wildman–Crippen MR) is 60.7 cm³/mol. The molecular formula is C11H13ClF3NO. The molecule has 0 saturated carbocycles. The number of aryl methyl sites for hydroxylation is 1. The summed E-state index contributed by atoms with van der Waals surface area (Å²) < 4.78 is 39.8. The Balaban J connectivity index is 0.00000144. The third kappa shape index (κ3) is 3.51. The highest BCUT2D eigenvalue weighted by atomic mass is 35.5. The second-order valence-electron chi connectivity index (χ2n) is 3.92. The van der Waals surface area contributed by atoms with Crippen molar-refractivity contribution in [2.75, 3.05) is 13.1 Å². The van der Waals surface area contributed by atoms with Crippen molar-refractivity contribution in [3.63, 3.8) is 0 Å². The van der Waals surface area contributed by atoms with Gasteiger partial charge in [0, 0.05) is 19.0 Å². The number of nitrogens with one attached hydrogen (secondary N) is 1. The Hall–Kier alpha value is -0.940. The minimum absolute atomic E-state index is 0. The van der Waals surface area contributed by atoms with Crippen LogP contribution in [0.15, 0.2) is 18.2 Å². The van der Waals surface area contributed by atoms with Crippen LogP contribution in [-0.4, -0.2) is 19.5 Å². The van der Waals surface area contributed by atoms with E-state index >= 15 is 0 Å². The van der Waals surface area contributed by atoms with Gasteiger partial charge in [0.2, 0.25) is 0 Å². The van der Waals surface area contributed by atoms with Gasteiger partial charge in [0.1, 0.15) is 5.75 Å². The Kier molecular flexibility index (Phi) is 4.27. The van der Waals surface area contributed by atoms with Crippen LogP contribution in [0, 0.1) is 6.92 Å². The lowest BCUT2D eigenvalue weighted by Crippen LogP contribution is -2.40. The highest BCUT2D eigenvalue weighted by Gasteiger charge is 2.31. The van der Waals surface area contributed by atoms with Crippen molar-refractivity contribution in [1.82, 2.24) is 5.32 Å². The van der Waals surface area contributed by atoms with Crippen molar-refractivity contribution in [1.29, 1.82) is 0 Å². The standard InChI is InChI=1S/C11H12F3NO.ClH/c1-7-4-9(16-11(12,13)14)2-3-10(7)8-5-15-6-8;/h2-4,8,15H,5-6H2,1H3;1H. The quantitative estimate of drug-likeness (QED) is 0.889. The molecule has 1 aliphatic rings. The van der Waals surface area contributed by atoms with E-state index in [1.807, 2.05) is 0 Å². The number of hydrogen-bond acceptors (Lipinski definition) is 2. The first kappa shape index (κ1) is 14.1. The van der Waals surface area contributed by atoms with Crippen LogP contribution < -0.4 is 10.1 Å². The van der Waals surface area contributed by atoms with Gasteiger partial charge >= 0.3 is 6.36 Å². The maximum atomic E-state index is 12.0. The van der Waals surface area contributed by atoms with E-state index in [4.69, 9.17) is 0 Å². The van der Waals surface area contributed by atoms with Crippen molar-refractivity contribution < 1.29 is 17.9 Å².